The summed E-state index contributed by atoms with van der Waals surface area (Å²) in [7, 11) is 2.07. The van der Waals surface area contributed by atoms with E-state index in [2.05, 4.69) is 53.4 Å². The first-order valence-electron chi connectivity index (χ1n) is 15.1. The molecule has 3 N–H and O–H groups in total. The fourth-order valence-electron chi connectivity index (χ4n) is 5.42. The lowest BCUT2D eigenvalue weighted by Crippen LogP contribution is -2.37. The topological polar surface area (TPSA) is 83.1 Å². The SMILES string of the molecule is C=CCN(C)CC1CC(c2ccc(CO)cc2)OC(c2cccc(-c3cccc(CNC(=O)NCc4ccccc4)c3)c2)O1. The molecule has 3 unspecified atom stereocenters. The third kappa shape index (κ3) is 8.65. The largest absolute Gasteiger partial charge is 0.392 e. The molecule has 44 heavy (non-hydrogen) atoms. The molecule has 7 heteroatoms. The van der Waals surface area contributed by atoms with Crippen molar-refractivity contribution < 1.29 is 19.4 Å². The number of ether oxygens (including phenoxy) is 2. The highest BCUT2D eigenvalue weighted by Gasteiger charge is 2.32. The molecule has 7 nitrogen and oxygen atoms in total. The van der Waals surface area contributed by atoms with Gasteiger partial charge >= 0.3 is 6.03 Å². The van der Waals surface area contributed by atoms with E-state index < -0.39 is 6.29 Å². The molecule has 0 spiro atoms. The van der Waals surface area contributed by atoms with Crippen LogP contribution in [0.4, 0.5) is 4.79 Å². The molecule has 1 saturated heterocycles. The molecule has 0 saturated carbocycles. The van der Waals surface area contributed by atoms with E-state index in [9.17, 15) is 9.90 Å². The number of benzene rings is 4. The molecule has 3 atom stereocenters. The van der Waals surface area contributed by atoms with E-state index in [0.717, 1.165) is 58.5 Å². The van der Waals surface area contributed by atoms with Gasteiger partial charge in [-0.15, -0.1) is 6.58 Å². The highest BCUT2D eigenvalue weighted by atomic mass is 16.7. The zero-order valence-corrected chi connectivity index (χ0v) is 25.2. The molecule has 5 rings (SSSR count). The number of carbonyl (C=O) groups excluding carboxylic acids is 1. The second-order valence-corrected chi connectivity index (χ2v) is 11.2. The fraction of sp³-hybridized carbons (Fsp3) is 0.270. The van der Waals surface area contributed by atoms with Gasteiger partial charge < -0.3 is 30.1 Å². The van der Waals surface area contributed by atoms with Crippen molar-refractivity contribution in [2.24, 2.45) is 0 Å². The molecular formula is C37H41N3O4. The van der Waals surface area contributed by atoms with E-state index in [1.54, 1.807) is 0 Å². The third-order valence-electron chi connectivity index (χ3n) is 7.74. The van der Waals surface area contributed by atoms with Crippen LogP contribution in [0.3, 0.4) is 0 Å². The summed E-state index contributed by atoms with van der Waals surface area (Å²) in [6.45, 7) is 6.30. The van der Waals surface area contributed by atoms with Crippen LogP contribution in [0.25, 0.3) is 11.1 Å². The molecular weight excluding hydrogens is 550 g/mol. The first kappa shape index (κ1) is 31.2. The van der Waals surface area contributed by atoms with Gasteiger partial charge in [-0.3, -0.25) is 0 Å². The Balaban J connectivity index is 1.28. The number of nitrogens with one attached hydrogen (secondary N) is 2. The molecule has 2 amide bonds. The van der Waals surface area contributed by atoms with Gasteiger partial charge in [0.25, 0.3) is 0 Å². The van der Waals surface area contributed by atoms with Crippen LogP contribution in [-0.4, -0.2) is 42.3 Å². The highest BCUT2D eigenvalue weighted by Crippen LogP contribution is 2.39. The summed E-state index contributed by atoms with van der Waals surface area (Å²) >= 11 is 0. The number of aliphatic hydroxyl groups excluding tert-OH is 1. The minimum atomic E-state index is -0.536. The zero-order valence-electron chi connectivity index (χ0n) is 25.2. The Morgan fingerprint density at radius 2 is 1.52 bits per heavy atom. The van der Waals surface area contributed by atoms with Crippen molar-refractivity contribution in [2.75, 3.05) is 20.1 Å². The van der Waals surface area contributed by atoms with Crippen molar-refractivity contribution in [2.45, 2.75) is 44.6 Å². The second-order valence-electron chi connectivity index (χ2n) is 11.2. The van der Waals surface area contributed by atoms with E-state index >= 15 is 0 Å². The third-order valence-corrected chi connectivity index (χ3v) is 7.74. The van der Waals surface area contributed by atoms with Gasteiger partial charge in [-0.1, -0.05) is 97.1 Å². The molecule has 0 bridgehead atoms. The summed E-state index contributed by atoms with van der Waals surface area (Å²) in [4.78, 5) is 14.6. The van der Waals surface area contributed by atoms with E-state index in [1.807, 2.05) is 84.9 Å². The number of hydrogen-bond donors (Lipinski definition) is 3. The smallest absolute Gasteiger partial charge is 0.315 e. The number of carbonyl (C=O) groups is 1. The number of aliphatic hydroxyl groups is 1. The predicted octanol–water partition coefficient (Wildman–Crippen LogP) is 6.51. The van der Waals surface area contributed by atoms with Gasteiger partial charge in [0.15, 0.2) is 6.29 Å². The second kappa shape index (κ2) is 15.5. The van der Waals surface area contributed by atoms with Crippen LogP contribution >= 0.6 is 0 Å². The Kier molecular flexibility index (Phi) is 10.9. The van der Waals surface area contributed by atoms with Crippen LogP contribution in [0.5, 0.6) is 0 Å². The van der Waals surface area contributed by atoms with Crippen LogP contribution in [0.1, 0.15) is 46.6 Å². The van der Waals surface area contributed by atoms with E-state index in [1.165, 1.54) is 0 Å². The van der Waals surface area contributed by atoms with Gasteiger partial charge in [-0.2, -0.15) is 0 Å². The van der Waals surface area contributed by atoms with Gasteiger partial charge in [0, 0.05) is 38.2 Å². The quantitative estimate of drug-likeness (QED) is 0.164. The van der Waals surface area contributed by atoms with Crippen molar-refractivity contribution in [1.29, 1.82) is 0 Å². The minimum absolute atomic E-state index is 0.0119. The molecule has 4 aromatic rings. The van der Waals surface area contributed by atoms with Crippen molar-refractivity contribution >= 4 is 6.03 Å². The standard InChI is InChI=1S/C37H41N3O4/c1-3-19-40(2)25-34-22-35(30-17-15-28(26-41)16-18-30)44-36(43-34)33-14-8-13-32(21-33)31-12-7-11-29(20-31)24-39-37(42)38-23-27-9-5-4-6-10-27/h3-18,20-21,34-36,41H,1,19,22-26H2,2H3,(H2,38,39,42). The Hall–Kier alpha value is -4.27. The molecule has 1 aliphatic rings. The monoisotopic (exact) mass is 591 g/mol. The minimum Gasteiger partial charge on any atom is -0.392 e. The molecule has 4 aromatic carbocycles. The Labute approximate surface area is 260 Å². The lowest BCUT2D eigenvalue weighted by molar-refractivity contribution is -0.252. The molecule has 0 radical (unpaired) electrons. The Bertz CT molecular complexity index is 1510. The van der Waals surface area contributed by atoms with E-state index in [0.29, 0.717) is 13.1 Å². The Morgan fingerprint density at radius 3 is 2.25 bits per heavy atom. The predicted molar refractivity (Wildman–Crippen MR) is 174 cm³/mol. The summed E-state index contributed by atoms with van der Waals surface area (Å²) < 4.78 is 13.1. The number of nitrogens with zero attached hydrogens (tertiary/aromatic N) is 1. The first-order valence-corrected chi connectivity index (χ1v) is 15.1. The van der Waals surface area contributed by atoms with Crippen LogP contribution < -0.4 is 10.6 Å². The summed E-state index contributed by atoms with van der Waals surface area (Å²) in [5.41, 5.74) is 7.03. The van der Waals surface area contributed by atoms with Gasteiger partial charge in [0.05, 0.1) is 18.8 Å². The van der Waals surface area contributed by atoms with Crippen molar-refractivity contribution in [3.05, 3.63) is 144 Å². The van der Waals surface area contributed by atoms with E-state index in [4.69, 9.17) is 9.47 Å². The van der Waals surface area contributed by atoms with Crippen LogP contribution in [0.2, 0.25) is 0 Å². The number of likely N-dealkylation sites (N-methyl/N-ethyl adjacent to an activating group) is 1. The number of hydrogen-bond acceptors (Lipinski definition) is 5. The van der Waals surface area contributed by atoms with E-state index in [-0.39, 0.29) is 24.8 Å². The maximum Gasteiger partial charge on any atom is 0.315 e. The van der Waals surface area contributed by atoms with Crippen LogP contribution in [0, 0.1) is 0 Å². The van der Waals surface area contributed by atoms with Crippen molar-refractivity contribution in [3.63, 3.8) is 0 Å². The molecule has 1 fully saturated rings. The lowest BCUT2D eigenvalue weighted by atomic mass is 9.98. The number of urea groups is 1. The lowest BCUT2D eigenvalue weighted by Gasteiger charge is -2.37. The molecule has 228 valence electrons. The summed E-state index contributed by atoms with van der Waals surface area (Å²) in [5.74, 6) is 0. The normalized spacial score (nSPS) is 18.1. The van der Waals surface area contributed by atoms with Gasteiger partial charge in [-0.05, 0) is 52.6 Å². The van der Waals surface area contributed by atoms with Gasteiger partial charge in [0.2, 0.25) is 0 Å². The van der Waals surface area contributed by atoms with Gasteiger partial charge in [0.1, 0.15) is 0 Å². The summed E-state index contributed by atoms with van der Waals surface area (Å²) in [6.07, 6.45) is 1.91. The maximum absolute atomic E-state index is 12.4. The fourth-order valence-corrected chi connectivity index (χ4v) is 5.42. The number of amides is 2. The molecule has 0 aromatic heterocycles. The molecule has 1 aliphatic heterocycles. The zero-order chi connectivity index (χ0) is 30.7. The highest BCUT2D eigenvalue weighted by molar-refractivity contribution is 5.74. The molecule has 1 heterocycles. The first-order chi connectivity index (χ1) is 21.5. The average Bonchev–Trinajstić information content (AvgIpc) is 3.07. The Morgan fingerprint density at radius 1 is 0.841 bits per heavy atom. The average molecular weight is 592 g/mol. The van der Waals surface area contributed by atoms with Crippen LogP contribution in [-0.2, 0) is 29.2 Å². The van der Waals surface area contributed by atoms with Gasteiger partial charge in [-0.25, -0.2) is 4.79 Å². The van der Waals surface area contributed by atoms with Crippen molar-refractivity contribution in [3.8, 4) is 11.1 Å². The van der Waals surface area contributed by atoms with Crippen molar-refractivity contribution in [1.82, 2.24) is 15.5 Å². The van der Waals surface area contributed by atoms with Crippen LogP contribution in [0.15, 0.2) is 116 Å². The summed E-state index contributed by atoms with van der Waals surface area (Å²) in [5, 5.41) is 15.3. The maximum atomic E-state index is 12.4. The number of rotatable bonds is 12. The summed E-state index contributed by atoms with van der Waals surface area (Å²) in [6, 6.07) is 34.0. The molecule has 0 aliphatic carbocycles.